The molecule has 0 radical (unpaired) electrons. The summed E-state index contributed by atoms with van der Waals surface area (Å²) in [5, 5.41) is 0. The van der Waals surface area contributed by atoms with E-state index in [1.807, 2.05) is 23.2 Å². The van der Waals surface area contributed by atoms with Crippen LogP contribution in [-0.2, 0) is 9.31 Å². The molecule has 4 heteroatoms. The lowest BCUT2D eigenvalue weighted by Gasteiger charge is -2.21. The molecule has 3 nitrogen and oxygen atoms in total. The molecular weight excluding hydrogens is 141 g/mol. The highest BCUT2D eigenvalue weighted by atomic mass is 16.6. The van der Waals surface area contributed by atoms with Gasteiger partial charge in [0.25, 0.3) is 0 Å². The first-order valence-corrected chi connectivity index (χ1v) is 3.79. The average Bonchev–Trinajstić information content (AvgIpc) is 2.58. The number of rotatable bonds is 1. The van der Waals surface area contributed by atoms with E-state index >= 15 is 0 Å². The maximum Gasteiger partial charge on any atom is 0.593 e. The van der Waals surface area contributed by atoms with Gasteiger partial charge in [0.05, 0.1) is 13.2 Å². The highest BCUT2D eigenvalue weighted by Gasteiger charge is 2.30. The van der Waals surface area contributed by atoms with E-state index in [0.29, 0.717) is 13.2 Å². The number of nitrogens with zero attached hydrogens (tertiary/aromatic N) is 1. The highest BCUT2D eigenvalue weighted by molar-refractivity contribution is 6.42. The summed E-state index contributed by atoms with van der Waals surface area (Å²) in [6.07, 6.45) is 8.06. The Kier molecular flexibility index (Phi) is 1.96. The number of hydrogen-bond acceptors (Lipinski definition) is 3. The van der Waals surface area contributed by atoms with Gasteiger partial charge in [-0.2, -0.15) is 0 Å². The van der Waals surface area contributed by atoms with Gasteiger partial charge in [0.1, 0.15) is 0 Å². The predicted molar refractivity (Wildman–Crippen MR) is 42.6 cm³/mol. The minimum absolute atomic E-state index is 0.156. The van der Waals surface area contributed by atoms with Gasteiger partial charge >= 0.3 is 7.25 Å². The molecule has 0 aromatic heterocycles. The van der Waals surface area contributed by atoms with E-state index in [0.717, 1.165) is 6.54 Å². The van der Waals surface area contributed by atoms with Gasteiger partial charge in [-0.15, -0.1) is 0 Å². The molecule has 11 heavy (non-hydrogen) atoms. The Morgan fingerprint density at radius 1 is 1.18 bits per heavy atom. The molecule has 0 aromatic carbocycles. The molecule has 0 aromatic rings. The lowest BCUT2D eigenvalue weighted by Crippen LogP contribution is -2.37. The van der Waals surface area contributed by atoms with E-state index in [-0.39, 0.29) is 7.25 Å². The van der Waals surface area contributed by atoms with Gasteiger partial charge in [0, 0.05) is 6.54 Å². The van der Waals surface area contributed by atoms with Crippen LogP contribution in [-0.4, -0.2) is 31.8 Å². The molecule has 0 amide bonds. The molecule has 0 bridgehead atoms. The van der Waals surface area contributed by atoms with Crippen LogP contribution in [0.25, 0.3) is 0 Å². The first-order valence-electron chi connectivity index (χ1n) is 3.79. The first kappa shape index (κ1) is 6.94. The Balaban J connectivity index is 1.94. The molecule has 1 fully saturated rings. The Morgan fingerprint density at radius 3 is 2.64 bits per heavy atom. The van der Waals surface area contributed by atoms with E-state index in [9.17, 15) is 0 Å². The quantitative estimate of drug-likeness (QED) is 0.506. The molecule has 0 saturated carbocycles. The maximum absolute atomic E-state index is 5.31. The molecule has 2 aliphatic heterocycles. The van der Waals surface area contributed by atoms with Crippen molar-refractivity contribution < 1.29 is 9.31 Å². The Bertz CT molecular complexity index is 187. The summed E-state index contributed by atoms with van der Waals surface area (Å²) in [6, 6.07) is 0. The van der Waals surface area contributed by atoms with Crippen molar-refractivity contribution in [3.05, 3.63) is 24.4 Å². The van der Waals surface area contributed by atoms with Gasteiger partial charge < -0.3 is 14.1 Å². The fourth-order valence-electron chi connectivity index (χ4n) is 1.18. The predicted octanol–water partition coefficient (Wildman–Crippen LogP) is 0.404. The van der Waals surface area contributed by atoms with Gasteiger partial charge in [-0.1, -0.05) is 12.2 Å². The van der Waals surface area contributed by atoms with Crippen molar-refractivity contribution in [3.8, 4) is 0 Å². The summed E-state index contributed by atoms with van der Waals surface area (Å²) < 4.78 is 10.6. The standard InChI is InChI=1S/C7H10BNO2/c1-2-4-9(5-3-1)8-10-6-7-11-8/h1-4H,5-7H2. The van der Waals surface area contributed by atoms with Gasteiger partial charge in [0.15, 0.2) is 0 Å². The molecule has 0 N–H and O–H groups in total. The fourth-order valence-corrected chi connectivity index (χ4v) is 1.18. The third kappa shape index (κ3) is 1.47. The van der Waals surface area contributed by atoms with E-state index in [4.69, 9.17) is 9.31 Å². The summed E-state index contributed by atoms with van der Waals surface area (Å²) in [5.74, 6) is 0. The van der Waals surface area contributed by atoms with Crippen LogP contribution in [0.15, 0.2) is 24.4 Å². The zero-order valence-electron chi connectivity index (χ0n) is 6.27. The minimum Gasteiger partial charge on any atom is -0.389 e. The van der Waals surface area contributed by atoms with E-state index in [2.05, 4.69) is 6.08 Å². The van der Waals surface area contributed by atoms with Crippen LogP contribution in [0.2, 0.25) is 0 Å². The van der Waals surface area contributed by atoms with E-state index in [1.165, 1.54) is 0 Å². The molecule has 1 saturated heterocycles. The van der Waals surface area contributed by atoms with Gasteiger partial charge in [-0.3, -0.25) is 0 Å². The van der Waals surface area contributed by atoms with Crippen LogP contribution in [0.1, 0.15) is 0 Å². The Morgan fingerprint density at radius 2 is 2.00 bits per heavy atom. The molecular formula is C7H10BNO2. The van der Waals surface area contributed by atoms with Crippen molar-refractivity contribution in [2.45, 2.75) is 0 Å². The zero-order chi connectivity index (χ0) is 7.52. The summed E-state index contributed by atoms with van der Waals surface area (Å²) in [4.78, 5) is 2.02. The molecule has 58 valence electrons. The van der Waals surface area contributed by atoms with E-state index < -0.39 is 0 Å². The molecule has 2 rings (SSSR count). The summed E-state index contributed by atoms with van der Waals surface area (Å²) in [6.45, 7) is 2.29. The van der Waals surface area contributed by atoms with Crippen molar-refractivity contribution in [2.24, 2.45) is 0 Å². The van der Waals surface area contributed by atoms with Crippen LogP contribution >= 0.6 is 0 Å². The lowest BCUT2D eigenvalue weighted by atomic mass is 10.1. The van der Waals surface area contributed by atoms with Crippen LogP contribution in [0, 0.1) is 0 Å². The summed E-state index contributed by atoms with van der Waals surface area (Å²) in [5.41, 5.74) is 0. The number of hydrogen-bond donors (Lipinski definition) is 0. The second-order valence-corrected chi connectivity index (χ2v) is 2.52. The second-order valence-electron chi connectivity index (χ2n) is 2.52. The topological polar surface area (TPSA) is 21.7 Å². The van der Waals surface area contributed by atoms with Crippen LogP contribution in [0.5, 0.6) is 0 Å². The SMILES string of the molecule is C1=CCN(B2OCCO2)C=C1. The smallest absolute Gasteiger partial charge is 0.389 e. The molecule has 0 atom stereocenters. The number of allylic oxidation sites excluding steroid dienone is 2. The van der Waals surface area contributed by atoms with Gasteiger partial charge in [-0.25, -0.2) is 0 Å². The molecule has 0 aliphatic carbocycles. The average molecular weight is 151 g/mol. The summed E-state index contributed by atoms with van der Waals surface area (Å²) in [7, 11) is -0.156. The van der Waals surface area contributed by atoms with Crippen LogP contribution in [0.3, 0.4) is 0 Å². The maximum atomic E-state index is 5.31. The van der Waals surface area contributed by atoms with Crippen molar-refractivity contribution in [3.63, 3.8) is 0 Å². The fraction of sp³-hybridized carbons (Fsp3) is 0.429. The lowest BCUT2D eigenvalue weighted by molar-refractivity contribution is 0.305. The first-order chi connectivity index (χ1) is 5.47. The highest BCUT2D eigenvalue weighted by Crippen LogP contribution is 2.08. The van der Waals surface area contributed by atoms with Crippen molar-refractivity contribution in [2.75, 3.05) is 19.8 Å². The second kappa shape index (κ2) is 3.11. The third-order valence-corrected chi connectivity index (χ3v) is 1.72. The minimum atomic E-state index is -0.156. The molecule has 0 spiro atoms. The molecule has 0 unspecified atom stereocenters. The van der Waals surface area contributed by atoms with Crippen molar-refractivity contribution in [1.82, 2.24) is 4.81 Å². The van der Waals surface area contributed by atoms with Crippen molar-refractivity contribution >= 4 is 7.25 Å². The van der Waals surface area contributed by atoms with Crippen LogP contribution in [0.4, 0.5) is 0 Å². The van der Waals surface area contributed by atoms with Crippen LogP contribution < -0.4 is 0 Å². The monoisotopic (exact) mass is 151 g/mol. The largest absolute Gasteiger partial charge is 0.593 e. The zero-order valence-corrected chi connectivity index (χ0v) is 6.27. The third-order valence-electron chi connectivity index (χ3n) is 1.72. The molecule has 2 heterocycles. The van der Waals surface area contributed by atoms with Crippen molar-refractivity contribution in [1.29, 1.82) is 0 Å². The summed E-state index contributed by atoms with van der Waals surface area (Å²) >= 11 is 0. The molecule has 2 aliphatic rings. The normalized spacial score (nSPS) is 23.3. The Labute approximate surface area is 66.4 Å². The van der Waals surface area contributed by atoms with Gasteiger partial charge in [-0.05, 0) is 12.3 Å². The van der Waals surface area contributed by atoms with E-state index in [1.54, 1.807) is 0 Å². The Hall–Kier alpha value is -0.735. The van der Waals surface area contributed by atoms with Gasteiger partial charge in [0.2, 0.25) is 0 Å².